The van der Waals surface area contributed by atoms with Gasteiger partial charge >= 0.3 is 0 Å². The molecule has 0 atom stereocenters. The summed E-state index contributed by atoms with van der Waals surface area (Å²) in [5, 5.41) is 1.97. The van der Waals surface area contributed by atoms with Gasteiger partial charge in [-0.05, 0) is 62.9 Å². The van der Waals surface area contributed by atoms with Crippen molar-refractivity contribution in [1.29, 1.82) is 0 Å². The summed E-state index contributed by atoms with van der Waals surface area (Å²) >= 11 is 6.39. The highest BCUT2D eigenvalue weighted by Crippen LogP contribution is 2.36. The lowest BCUT2D eigenvalue weighted by molar-refractivity contribution is 0.748. The van der Waals surface area contributed by atoms with Crippen molar-refractivity contribution in [2.75, 3.05) is 6.54 Å². The second-order valence-corrected chi connectivity index (χ2v) is 6.49. The summed E-state index contributed by atoms with van der Waals surface area (Å²) in [6.45, 7) is 5.02. The molecule has 3 N–H and O–H groups in total. The normalized spacial score (nSPS) is 11.3. The Morgan fingerprint density at radius 2 is 2.04 bits per heavy atom. The van der Waals surface area contributed by atoms with Crippen LogP contribution in [0.3, 0.4) is 0 Å². The van der Waals surface area contributed by atoms with Gasteiger partial charge in [-0.3, -0.25) is 4.98 Å². The lowest BCUT2D eigenvalue weighted by Gasteiger charge is -2.07. The number of benzene rings is 1. The van der Waals surface area contributed by atoms with Gasteiger partial charge in [0.2, 0.25) is 0 Å². The molecule has 0 saturated heterocycles. The number of nitrogens with one attached hydrogen (secondary N) is 1. The van der Waals surface area contributed by atoms with Gasteiger partial charge in [0.05, 0.1) is 10.7 Å². The first-order valence-corrected chi connectivity index (χ1v) is 8.41. The zero-order chi connectivity index (χ0) is 16.4. The van der Waals surface area contributed by atoms with E-state index in [2.05, 4.69) is 35.9 Å². The van der Waals surface area contributed by atoms with Gasteiger partial charge in [-0.15, -0.1) is 0 Å². The van der Waals surface area contributed by atoms with E-state index < -0.39 is 0 Å². The Bertz CT molecular complexity index is 836. The zero-order valence-corrected chi connectivity index (χ0v) is 14.4. The molecular weight excluding hydrogens is 306 g/mol. The number of H-pyrrole nitrogens is 1. The van der Waals surface area contributed by atoms with E-state index in [0.29, 0.717) is 5.02 Å². The summed E-state index contributed by atoms with van der Waals surface area (Å²) in [6.07, 6.45) is 6.58. The Morgan fingerprint density at radius 3 is 2.78 bits per heavy atom. The van der Waals surface area contributed by atoms with Crippen molar-refractivity contribution in [3.05, 3.63) is 52.3 Å². The lowest BCUT2D eigenvalue weighted by atomic mass is 9.99. The Morgan fingerprint density at radius 1 is 1.22 bits per heavy atom. The minimum absolute atomic E-state index is 0.675. The van der Waals surface area contributed by atoms with Crippen LogP contribution in [0, 0.1) is 13.8 Å². The lowest BCUT2D eigenvalue weighted by Crippen LogP contribution is -1.99. The predicted octanol–water partition coefficient (Wildman–Crippen LogP) is 4.78. The van der Waals surface area contributed by atoms with Gasteiger partial charge in [0.15, 0.2) is 0 Å². The number of rotatable bonds is 5. The third kappa shape index (κ3) is 3.12. The molecule has 2 aromatic heterocycles. The van der Waals surface area contributed by atoms with Gasteiger partial charge in [-0.2, -0.15) is 0 Å². The van der Waals surface area contributed by atoms with Gasteiger partial charge < -0.3 is 10.7 Å². The van der Waals surface area contributed by atoms with Gasteiger partial charge in [0.25, 0.3) is 0 Å². The van der Waals surface area contributed by atoms with Crippen LogP contribution in [0.4, 0.5) is 0 Å². The number of fused-ring (bicyclic) bond motifs is 1. The number of aromatic amines is 1. The standard InChI is InChI=1S/C19H22ClN3/c1-12-9-13(2)18-16(10-12)14(5-3-4-7-21)19(23-18)15-6-8-22-11-17(15)20/h6,8-11,23H,3-5,7,21H2,1-2H3. The average molecular weight is 328 g/mol. The second kappa shape index (κ2) is 6.73. The molecule has 3 rings (SSSR count). The number of hydrogen-bond donors (Lipinski definition) is 2. The van der Waals surface area contributed by atoms with Crippen molar-refractivity contribution in [1.82, 2.24) is 9.97 Å². The van der Waals surface area contributed by atoms with Crippen LogP contribution in [0.15, 0.2) is 30.6 Å². The topological polar surface area (TPSA) is 54.7 Å². The van der Waals surface area contributed by atoms with E-state index in [1.165, 1.54) is 27.6 Å². The molecule has 4 heteroatoms. The quantitative estimate of drug-likeness (QED) is 0.662. The van der Waals surface area contributed by atoms with Crippen LogP contribution in [-0.4, -0.2) is 16.5 Å². The number of halogens is 1. The summed E-state index contributed by atoms with van der Waals surface area (Å²) in [5.74, 6) is 0. The fraction of sp³-hybridized carbons (Fsp3) is 0.316. The maximum atomic E-state index is 6.39. The van der Waals surface area contributed by atoms with E-state index in [9.17, 15) is 0 Å². The van der Waals surface area contributed by atoms with Crippen molar-refractivity contribution >= 4 is 22.5 Å². The fourth-order valence-corrected chi connectivity index (χ4v) is 3.43. The number of nitrogens with two attached hydrogens (primary N) is 1. The molecule has 0 fully saturated rings. The van der Waals surface area contributed by atoms with E-state index >= 15 is 0 Å². The first-order valence-electron chi connectivity index (χ1n) is 8.03. The largest absolute Gasteiger partial charge is 0.354 e. The average Bonchev–Trinajstić information content (AvgIpc) is 2.87. The minimum atomic E-state index is 0.675. The molecule has 0 unspecified atom stereocenters. The van der Waals surface area contributed by atoms with Crippen LogP contribution in [-0.2, 0) is 6.42 Å². The van der Waals surface area contributed by atoms with Gasteiger partial charge in [0.1, 0.15) is 0 Å². The van der Waals surface area contributed by atoms with Crippen molar-refractivity contribution in [2.45, 2.75) is 33.1 Å². The monoisotopic (exact) mass is 327 g/mol. The first kappa shape index (κ1) is 16.0. The molecule has 1 aromatic carbocycles. The summed E-state index contributed by atoms with van der Waals surface area (Å²) in [5.41, 5.74) is 12.8. The highest BCUT2D eigenvalue weighted by atomic mass is 35.5. The van der Waals surface area contributed by atoms with Crippen LogP contribution in [0.25, 0.3) is 22.2 Å². The molecule has 3 aromatic rings. The van der Waals surface area contributed by atoms with Gasteiger partial charge in [0, 0.05) is 28.9 Å². The Hall–Kier alpha value is -1.84. The number of aromatic nitrogens is 2. The molecule has 23 heavy (non-hydrogen) atoms. The van der Waals surface area contributed by atoms with Crippen LogP contribution in [0.2, 0.25) is 5.02 Å². The van der Waals surface area contributed by atoms with E-state index in [1.807, 2.05) is 6.07 Å². The molecule has 0 saturated carbocycles. The van der Waals surface area contributed by atoms with Gasteiger partial charge in [-0.25, -0.2) is 0 Å². The summed E-state index contributed by atoms with van der Waals surface area (Å²) in [7, 11) is 0. The number of unbranched alkanes of at least 4 members (excludes halogenated alkanes) is 1. The predicted molar refractivity (Wildman–Crippen MR) is 98.0 cm³/mol. The molecule has 120 valence electrons. The third-order valence-electron chi connectivity index (χ3n) is 4.28. The number of aryl methyl sites for hydroxylation is 3. The van der Waals surface area contributed by atoms with Crippen LogP contribution >= 0.6 is 11.6 Å². The Balaban J connectivity index is 2.21. The number of nitrogens with zero attached hydrogens (tertiary/aromatic N) is 1. The van der Waals surface area contributed by atoms with Gasteiger partial charge in [-0.1, -0.05) is 23.2 Å². The molecule has 2 heterocycles. The van der Waals surface area contributed by atoms with E-state index in [4.69, 9.17) is 17.3 Å². The summed E-state index contributed by atoms with van der Waals surface area (Å²) in [4.78, 5) is 7.70. The maximum Gasteiger partial charge on any atom is 0.0682 e. The first-order chi connectivity index (χ1) is 11.1. The van der Waals surface area contributed by atoms with Crippen molar-refractivity contribution in [3.8, 4) is 11.3 Å². The minimum Gasteiger partial charge on any atom is -0.354 e. The zero-order valence-electron chi connectivity index (χ0n) is 13.6. The molecule has 0 spiro atoms. The van der Waals surface area contributed by atoms with Crippen molar-refractivity contribution in [2.24, 2.45) is 5.73 Å². The molecule has 0 aliphatic carbocycles. The highest BCUT2D eigenvalue weighted by Gasteiger charge is 2.16. The molecular formula is C19H22ClN3. The van der Waals surface area contributed by atoms with Crippen molar-refractivity contribution in [3.63, 3.8) is 0 Å². The number of hydrogen-bond acceptors (Lipinski definition) is 2. The molecule has 3 nitrogen and oxygen atoms in total. The van der Waals surface area contributed by atoms with E-state index in [1.54, 1.807) is 12.4 Å². The Kier molecular flexibility index (Phi) is 4.69. The van der Waals surface area contributed by atoms with E-state index in [0.717, 1.165) is 37.1 Å². The summed E-state index contributed by atoms with van der Waals surface area (Å²) in [6, 6.07) is 6.44. The second-order valence-electron chi connectivity index (χ2n) is 6.08. The molecule has 0 radical (unpaired) electrons. The highest BCUT2D eigenvalue weighted by molar-refractivity contribution is 6.33. The van der Waals surface area contributed by atoms with E-state index in [-0.39, 0.29) is 0 Å². The van der Waals surface area contributed by atoms with Crippen LogP contribution in [0.1, 0.15) is 29.5 Å². The smallest absolute Gasteiger partial charge is 0.0682 e. The number of pyridine rings is 1. The molecule has 0 amide bonds. The molecule has 0 aliphatic heterocycles. The SMILES string of the molecule is Cc1cc(C)c2[nH]c(-c3ccncc3Cl)c(CCCCN)c2c1. The fourth-order valence-electron chi connectivity index (χ4n) is 3.22. The van der Waals surface area contributed by atoms with Crippen molar-refractivity contribution < 1.29 is 0 Å². The van der Waals surface area contributed by atoms with Crippen LogP contribution < -0.4 is 5.73 Å². The molecule has 0 bridgehead atoms. The maximum absolute atomic E-state index is 6.39. The summed E-state index contributed by atoms with van der Waals surface area (Å²) < 4.78 is 0. The Labute approximate surface area is 141 Å². The molecule has 0 aliphatic rings. The van der Waals surface area contributed by atoms with Crippen LogP contribution in [0.5, 0.6) is 0 Å². The third-order valence-corrected chi connectivity index (χ3v) is 4.58.